The first-order valence-electron chi connectivity index (χ1n) is 5.35. The summed E-state index contributed by atoms with van der Waals surface area (Å²) in [5, 5.41) is 10.8. The van der Waals surface area contributed by atoms with Gasteiger partial charge in [0, 0.05) is 31.2 Å². The summed E-state index contributed by atoms with van der Waals surface area (Å²) in [5.74, 6) is 0. The summed E-state index contributed by atoms with van der Waals surface area (Å²) in [6.07, 6.45) is 6.59. The minimum absolute atomic E-state index is 0.478. The average Bonchev–Trinajstić information content (AvgIpc) is 2.32. The predicted octanol–water partition coefficient (Wildman–Crippen LogP) is 2.71. The van der Waals surface area contributed by atoms with Gasteiger partial charge in [-0.05, 0) is 35.7 Å². The standard InChI is InChI=1S/C13H13ClN2O/c1-9-7-15-5-3-11(9)13(17)6-10-2-4-16-8-12(10)14/h2-5,7-8,13,17H,6H2,1H3. The van der Waals surface area contributed by atoms with Crippen LogP contribution in [0.25, 0.3) is 0 Å². The van der Waals surface area contributed by atoms with Crippen molar-refractivity contribution in [2.45, 2.75) is 19.4 Å². The summed E-state index contributed by atoms with van der Waals surface area (Å²) in [5.41, 5.74) is 2.75. The Balaban J connectivity index is 2.20. The zero-order valence-corrected chi connectivity index (χ0v) is 10.2. The van der Waals surface area contributed by atoms with Crippen LogP contribution in [-0.4, -0.2) is 15.1 Å². The third-order valence-electron chi connectivity index (χ3n) is 2.69. The Labute approximate surface area is 105 Å². The van der Waals surface area contributed by atoms with Crippen molar-refractivity contribution in [2.24, 2.45) is 0 Å². The lowest BCUT2D eigenvalue weighted by Crippen LogP contribution is -2.04. The van der Waals surface area contributed by atoms with Crippen molar-refractivity contribution in [3.63, 3.8) is 0 Å². The van der Waals surface area contributed by atoms with Gasteiger partial charge < -0.3 is 5.11 Å². The van der Waals surface area contributed by atoms with E-state index in [1.165, 1.54) is 0 Å². The van der Waals surface area contributed by atoms with Crippen LogP contribution in [-0.2, 0) is 6.42 Å². The summed E-state index contributed by atoms with van der Waals surface area (Å²) >= 11 is 6.01. The van der Waals surface area contributed by atoms with Gasteiger partial charge in [-0.15, -0.1) is 0 Å². The second kappa shape index (κ2) is 5.25. The highest BCUT2D eigenvalue weighted by atomic mass is 35.5. The van der Waals surface area contributed by atoms with E-state index in [4.69, 9.17) is 11.6 Å². The van der Waals surface area contributed by atoms with E-state index in [9.17, 15) is 5.11 Å². The smallest absolute Gasteiger partial charge is 0.0834 e. The van der Waals surface area contributed by atoms with Crippen LogP contribution in [0.1, 0.15) is 22.8 Å². The van der Waals surface area contributed by atoms with Crippen molar-refractivity contribution in [1.82, 2.24) is 9.97 Å². The molecule has 0 fully saturated rings. The number of nitrogens with zero attached hydrogens (tertiary/aromatic N) is 2. The third kappa shape index (κ3) is 2.81. The lowest BCUT2D eigenvalue weighted by molar-refractivity contribution is 0.177. The third-order valence-corrected chi connectivity index (χ3v) is 3.03. The molecular formula is C13H13ClN2O. The van der Waals surface area contributed by atoms with E-state index in [0.29, 0.717) is 11.4 Å². The monoisotopic (exact) mass is 248 g/mol. The molecule has 2 aromatic heterocycles. The molecule has 2 aromatic rings. The highest BCUT2D eigenvalue weighted by molar-refractivity contribution is 6.31. The molecule has 0 aliphatic heterocycles. The summed E-state index contributed by atoms with van der Waals surface area (Å²) in [7, 11) is 0. The maximum absolute atomic E-state index is 10.2. The maximum Gasteiger partial charge on any atom is 0.0834 e. The molecule has 4 heteroatoms. The van der Waals surface area contributed by atoms with Crippen LogP contribution in [0.5, 0.6) is 0 Å². The van der Waals surface area contributed by atoms with E-state index < -0.39 is 6.10 Å². The highest BCUT2D eigenvalue weighted by Crippen LogP contribution is 2.24. The molecule has 0 bridgehead atoms. The zero-order chi connectivity index (χ0) is 12.3. The molecule has 3 nitrogen and oxygen atoms in total. The Bertz CT molecular complexity index is 516. The molecule has 88 valence electrons. The molecule has 1 N–H and O–H groups in total. The van der Waals surface area contributed by atoms with Crippen molar-refractivity contribution in [3.8, 4) is 0 Å². The van der Waals surface area contributed by atoms with Crippen molar-refractivity contribution in [1.29, 1.82) is 0 Å². The fourth-order valence-corrected chi connectivity index (χ4v) is 1.94. The van der Waals surface area contributed by atoms with E-state index in [0.717, 1.165) is 16.7 Å². The molecule has 0 aliphatic carbocycles. The molecule has 0 amide bonds. The zero-order valence-electron chi connectivity index (χ0n) is 9.47. The molecule has 0 saturated heterocycles. The number of halogens is 1. The van der Waals surface area contributed by atoms with E-state index in [2.05, 4.69) is 9.97 Å². The van der Waals surface area contributed by atoms with Crippen LogP contribution in [0.4, 0.5) is 0 Å². The van der Waals surface area contributed by atoms with Crippen LogP contribution in [0.15, 0.2) is 36.9 Å². The summed E-state index contributed by atoms with van der Waals surface area (Å²) in [6.45, 7) is 1.93. The molecule has 1 atom stereocenters. The molecule has 1 unspecified atom stereocenters. The normalized spacial score (nSPS) is 12.4. The van der Waals surface area contributed by atoms with Crippen LogP contribution >= 0.6 is 11.6 Å². The van der Waals surface area contributed by atoms with E-state index >= 15 is 0 Å². The summed E-state index contributed by atoms with van der Waals surface area (Å²) < 4.78 is 0. The molecule has 0 saturated carbocycles. The van der Waals surface area contributed by atoms with Crippen molar-refractivity contribution in [2.75, 3.05) is 0 Å². The van der Waals surface area contributed by atoms with Gasteiger partial charge in [0.2, 0.25) is 0 Å². The highest BCUT2D eigenvalue weighted by Gasteiger charge is 2.12. The lowest BCUT2D eigenvalue weighted by atomic mass is 10.00. The fraction of sp³-hybridized carbons (Fsp3) is 0.231. The largest absolute Gasteiger partial charge is 0.388 e. The van der Waals surface area contributed by atoms with Gasteiger partial charge >= 0.3 is 0 Å². The second-order valence-corrected chi connectivity index (χ2v) is 4.33. The Morgan fingerprint density at radius 2 is 1.94 bits per heavy atom. The van der Waals surface area contributed by atoms with Gasteiger partial charge in [0.05, 0.1) is 11.1 Å². The van der Waals surface area contributed by atoms with Crippen molar-refractivity contribution < 1.29 is 5.11 Å². The van der Waals surface area contributed by atoms with Gasteiger partial charge in [-0.3, -0.25) is 9.97 Å². The number of hydrogen-bond acceptors (Lipinski definition) is 3. The number of aromatic nitrogens is 2. The van der Waals surface area contributed by atoms with Crippen LogP contribution in [0, 0.1) is 6.92 Å². The van der Waals surface area contributed by atoms with Crippen LogP contribution in [0.2, 0.25) is 5.02 Å². The van der Waals surface area contributed by atoms with Crippen LogP contribution < -0.4 is 0 Å². The molecule has 2 heterocycles. The average molecular weight is 249 g/mol. The predicted molar refractivity (Wildman–Crippen MR) is 66.9 cm³/mol. The van der Waals surface area contributed by atoms with Gasteiger partial charge in [0.1, 0.15) is 0 Å². The van der Waals surface area contributed by atoms with Crippen LogP contribution in [0.3, 0.4) is 0 Å². The molecule has 0 aliphatic rings. The Kier molecular flexibility index (Phi) is 3.71. The molecule has 2 rings (SSSR count). The van der Waals surface area contributed by atoms with Gasteiger partial charge in [-0.25, -0.2) is 0 Å². The van der Waals surface area contributed by atoms with Gasteiger partial charge in [-0.2, -0.15) is 0 Å². The first-order chi connectivity index (χ1) is 8.18. The SMILES string of the molecule is Cc1cnccc1C(O)Cc1ccncc1Cl. The molecular weight excluding hydrogens is 236 g/mol. The van der Waals surface area contributed by atoms with Gasteiger partial charge in [0.25, 0.3) is 0 Å². The quantitative estimate of drug-likeness (QED) is 0.909. The molecule has 0 radical (unpaired) electrons. The Hall–Kier alpha value is -1.45. The summed E-state index contributed by atoms with van der Waals surface area (Å²) in [4.78, 5) is 7.92. The summed E-state index contributed by atoms with van der Waals surface area (Å²) in [6, 6.07) is 3.65. The van der Waals surface area contributed by atoms with E-state index in [1.807, 2.05) is 19.1 Å². The topological polar surface area (TPSA) is 46.0 Å². The molecule has 0 spiro atoms. The maximum atomic E-state index is 10.2. The van der Waals surface area contributed by atoms with E-state index in [1.54, 1.807) is 24.8 Å². The Morgan fingerprint density at radius 3 is 2.65 bits per heavy atom. The number of hydrogen-bond donors (Lipinski definition) is 1. The van der Waals surface area contributed by atoms with E-state index in [-0.39, 0.29) is 0 Å². The lowest BCUT2D eigenvalue weighted by Gasteiger charge is -2.13. The second-order valence-electron chi connectivity index (χ2n) is 3.92. The number of rotatable bonds is 3. The number of aryl methyl sites for hydroxylation is 1. The minimum atomic E-state index is -0.571. The fourth-order valence-electron chi connectivity index (χ4n) is 1.75. The van der Waals surface area contributed by atoms with Gasteiger partial charge in [-0.1, -0.05) is 11.6 Å². The first-order valence-corrected chi connectivity index (χ1v) is 5.73. The minimum Gasteiger partial charge on any atom is -0.388 e. The molecule has 0 aromatic carbocycles. The Morgan fingerprint density at radius 1 is 1.24 bits per heavy atom. The van der Waals surface area contributed by atoms with Gasteiger partial charge in [0.15, 0.2) is 0 Å². The molecule has 17 heavy (non-hydrogen) atoms. The number of aliphatic hydroxyl groups excluding tert-OH is 1. The first kappa shape index (κ1) is 12.0. The number of aliphatic hydroxyl groups is 1. The number of pyridine rings is 2. The van der Waals surface area contributed by atoms with Crippen molar-refractivity contribution in [3.05, 3.63) is 58.6 Å². The van der Waals surface area contributed by atoms with Crippen molar-refractivity contribution >= 4 is 11.6 Å².